The number of nitrogens with zero attached hydrogens (tertiary/aromatic N) is 6. The number of β-amino-alcohol motifs (C(OH)–C–C–N with tert-alkyl or cyclic N) is 1. The van der Waals surface area contributed by atoms with Gasteiger partial charge in [0, 0.05) is 32.7 Å². The summed E-state index contributed by atoms with van der Waals surface area (Å²) in [5.41, 5.74) is 6.87. The zero-order chi connectivity index (χ0) is 72.0. The monoisotopic (exact) mass is 1420 g/mol. The first-order chi connectivity index (χ1) is 48.8. The van der Waals surface area contributed by atoms with Crippen molar-refractivity contribution in [3.8, 4) is 44.9 Å². The van der Waals surface area contributed by atoms with Crippen LogP contribution in [0, 0.1) is 18.3 Å². The maximum absolute atomic E-state index is 15.2. The number of aryl methyl sites for hydroxylation is 2. The van der Waals surface area contributed by atoms with E-state index in [2.05, 4.69) is 25.9 Å². The van der Waals surface area contributed by atoms with E-state index in [-0.39, 0.29) is 77.6 Å². The molecule has 2 aromatic heterocycles. The number of rotatable bonds is 36. The zero-order valence-corrected chi connectivity index (χ0v) is 60.7. The first-order valence-corrected chi connectivity index (χ1v) is 35.8. The molecule has 0 bridgehead atoms. The number of esters is 1. The lowest BCUT2D eigenvalue weighted by molar-refractivity contribution is -0.163. The highest BCUT2D eigenvalue weighted by molar-refractivity contribution is 7.13. The van der Waals surface area contributed by atoms with Crippen molar-refractivity contribution in [3.63, 3.8) is 0 Å². The Labute approximate surface area is 596 Å². The molecule has 0 spiro atoms. The minimum Gasteiger partial charge on any atom is -0.497 e. The van der Waals surface area contributed by atoms with Crippen LogP contribution in [0.1, 0.15) is 144 Å². The third kappa shape index (κ3) is 20.7. The Balaban J connectivity index is 0.735. The molecule has 2 aliphatic heterocycles. The van der Waals surface area contributed by atoms with Crippen molar-refractivity contribution in [3.05, 3.63) is 124 Å². The fourth-order valence-electron chi connectivity index (χ4n) is 13.3. The lowest BCUT2D eigenvalue weighted by atomic mass is 9.75. The number of hydrogen-bond donors (Lipinski definition) is 3. The van der Waals surface area contributed by atoms with Crippen molar-refractivity contribution < 1.29 is 81.2 Å². The summed E-state index contributed by atoms with van der Waals surface area (Å²) in [6, 6.07) is 22.0. The number of methoxy groups -OCH3 is 5. The van der Waals surface area contributed by atoms with Crippen molar-refractivity contribution >= 4 is 40.9 Å². The van der Waals surface area contributed by atoms with Gasteiger partial charge in [0.25, 0.3) is 0 Å². The van der Waals surface area contributed by atoms with Gasteiger partial charge in [-0.15, -0.1) is 16.4 Å². The first kappa shape index (κ1) is 76.8. The summed E-state index contributed by atoms with van der Waals surface area (Å²) < 4.78 is 66.3. The van der Waals surface area contributed by atoms with Crippen molar-refractivity contribution in [1.82, 2.24) is 40.4 Å². The number of hydrogen-bond acceptors (Lipinski definition) is 21. The Morgan fingerprint density at radius 3 is 2.15 bits per heavy atom. The normalized spacial score (nSPS) is 17.7. The van der Waals surface area contributed by atoms with Crippen molar-refractivity contribution in [2.45, 2.75) is 161 Å². The van der Waals surface area contributed by atoms with Crippen molar-refractivity contribution in [1.29, 1.82) is 0 Å². The zero-order valence-electron chi connectivity index (χ0n) is 59.9. The minimum absolute atomic E-state index is 0.0472. The Hall–Kier alpha value is -8.40. The van der Waals surface area contributed by atoms with Crippen LogP contribution < -0.4 is 39.1 Å². The van der Waals surface area contributed by atoms with E-state index in [9.17, 15) is 24.3 Å². The highest BCUT2D eigenvalue weighted by atomic mass is 32.1. The Kier molecular flexibility index (Phi) is 28.5. The average Bonchev–Trinajstić information content (AvgIpc) is 1.47. The largest absolute Gasteiger partial charge is 0.497 e. The standard InChI is InChI=1S/C75H100N8O17S/c1-11-95-46-66(98-35-34-96-32-33-97-45-65(85)78-70(75(3,4)5)73(88)82-43-56(84)40-59(82)71(86)76-41-50-23-27-52(28-24-50)69-48(2)77-47-101-69)83-42-55(79-80-83)44-99-61-30-26-49(36-62(61)91-7)25-29-60(53-20-17-21-57(37-53)90-6)100-74(89)58-22-15-16-31-81(58)72(87)67(51-18-13-12-14-19-51)54-38-63(92-8)68(94-10)64(39-54)93-9/h17,20-21,23-24,26-28,30,36-39,42,47,51,56,58-60,66-67,70,84H,11-16,18-19,22,25,29,31-35,40-41,43-46H2,1-10H3,(H,76,86)(H,78,85)/t56-,58?,59-,60?,66?,67+,70?/m1/s1. The molecular formula is C75H100N8O17S. The highest BCUT2D eigenvalue weighted by Gasteiger charge is 2.45. The SMILES string of the molecule is CCOCC(OCCOCCOCC(=O)NC(C(=O)N1C[C@H](O)C[C@@H]1C(=O)NCc1ccc(-c2scnc2C)cc1)C(C)(C)C)n1cc(COc2ccc(CCC(OC(=O)C3CCCCN3C(=O)[C@H](c3cc(OC)c(OC)c(OC)c3)C3CCCCC3)c3cccc(OC)c3)cc2OC)nn1. The third-order valence-corrected chi connectivity index (χ3v) is 19.7. The maximum atomic E-state index is 15.2. The number of aliphatic hydroxyl groups is 1. The molecule has 1 saturated carbocycles. The van der Waals surface area contributed by atoms with Gasteiger partial charge in [0.15, 0.2) is 29.2 Å². The maximum Gasteiger partial charge on any atom is 0.329 e. The summed E-state index contributed by atoms with van der Waals surface area (Å²) in [6.07, 6.45) is 7.38. The number of carbonyl (C=O) groups is 5. The summed E-state index contributed by atoms with van der Waals surface area (Å²) in [4.78, 5) is 79.5. The number of thiazole rings is 1. The average molecular weight is 1420 g/mol. The van der Waals surface area contributed by atoms with Crippen LogP contribution in [0.4, 0.5) is 0 Å². The van der Waals surface area contributed by atoms with Gasteiger partial charge < -0.3 is 77.6 Å². The smallest absolute Gasteiger partial charge is 0.329 e. The number of aromatic nitrogens is 4. The van der Waals surface area contributed by atoms with Gasteiger partial charge >= 0.3 is 5.97 Å². The molecule has 3 N–H and O–H groups in total. The third-order valence-electron chi connectivity index (χ3n) is 18.7. The van der Waals surface area contributed by atoms with E-state index in [0.29, 0.717) is 72.6 Å². The molecule has 25 nitrogen and oxygen atoms in total. The number of carbonyl (C=O) groups excluding carboxylic acids is 5. The molecule has 548 valence electrons. The number of aliphatic hydroxyl groups excluding tert-OH is 1. The van der Waals surface area contributed by atoms with Gasteiger partial charge in [-0.2, -0.15) is 0 Å². The molecule has 3 fully saturated rings. The fraction of sp³-hybridized carbons (Fsp3) is 0.547. The van der Waals surface area contributed by atoms with Crippen LogP contribution in [0.3, 0.4) is 0 Å². The summed E-state index contributed by atoms with van der Waals surface area (Å²) >= 11 is 1.56. The lowest BCUT2D eigenvalue weighted by Gasteiger charge is -2.40. The van der Waals surface area contributed by atoms with E-state index in [4.69, 9.17) is 52.1 Å². The molecule has 6 aromatic rings. The molecule has 9 rings (SSSR count). The summed E-state index contributed by atoms with van der Waals surface area (Å²) in [6.45, 7) is 10.8. The molecule has 4 heterocycles. The molecule has 7 atom stereocenters. The fourth-order valence-corrected chi connectivity index (χ4v) is 14.1. The summed E-state index contributed by atoms with van der Waals surface area (Å²) in [5, 5.41) is 25.1. The quantitative estimate of drug-likeness (QED) is 0.0244. The molecule has 4 unspecified atom stereocenters. The number of nitrogens with one attached hydrogen (secondary N) is 2. The number of benzene rings is 4. The molecule has 0 radical (unpaired) electrons. The van der Waals surface area contributed by atoms with Gasteiger partial charge in [0.05, 0.1) is 103 Å². The van der Waals surface area contributed by atoms with Gasteiger partial charge in [-0.3, -0.25) is 19.2 Å². The van der Waals surface area contributed by atoms with E-state index in [1.165, 1.54) is 4.90 Å². The number of likely N-dealkylation sites (tertiary alicyclic amines) is 2. The Bertz CT molecular complexity index is 3640. The number of amides is 4. The molecular weight excluding hydrogens is 1320 g/mol. The van der Waals surface area contributed by atoms with Gasteiger partial charge in [0.2, 0.25) is 29.4 Å². The van der Waals surface area contributed by atoms with Crippen LogP contribution in [-0.2, 0) is 67.2 Å². The molecule has 26 heteroatoms. The molecule has 2 saturated heterocycles. The molecule has 4 aromatic carbocycles. The van der Waals surface area contributed by atoms with Gasteiger partial charge in [-0.1, -0.05) is 87.7 Å². The predicted octanol–water partition coefficient (Wildman–Crippen LogP) is 9.69. The van der Waals surface area contributed by atoms with Gasteiger partial charge in [-0.05, 0) is 134 Å². The van der Waals surface area contributed by atoms with E-state index in [1.54, 1.807) is 68.2 Å². The van der Waals surface area contributed by atoms with E-state index in [0.717, 1.165) is 83.3 Å². The van der Waals surface area contributed by atoms with E-state index >= 15 is 4.79 Å². The second-order valence-corrected chi connectivity index (χ2v) is 27.5. The van der Waals surface area contributed by atoms with Crippen molar-refractivity contribution in [2.75, 3.05) is 94.9 Å². The van der Waals surface area contributed by atoms with Crippen LogP contribution in [0.15, 0.2) is 90.6 Å². The van der Waals surface area contributed by atoms with Crippen LogP contribution in [0.5, 0.6) is 34.5 Å². The minimum atomic E-state index is -1.01. The second-order valence-electron chi connectivity index (χ2n) is 26.7. The lowest BCUT2D eigenvalue weighted by Crippen LogP contribution is -2.58. The van der Waals surface area contributed by atoms with Gasteiger partial charge in [-0.25, -0.2) is 14.5 Å². The van der Waals surface area contributed by atoms with Crippen LogP contribution in [0.25, 0.3) is 10.4 Å². The molecule has 3 aliphatic rings. The van der Waals surface area contributed by atoms with E-state index < -0.39 is 71.6 Å². The van der Waals surface area contributed by atoms with Crippen LogP contribution >= 0.6 is 11.3 Å². The molecule has 1 aliphatic carbocycles. The van der Waals surface area contributed by atoms with Crippen molar-refractivity contribution in [2.24, 2.45) is 11.3 Å². The van der Waals surface area contributed by atoms with Crippen LogP contribution in [0.2, 0.25) is 0 Å². The van der Waals surface area contributed by atoms with E-state index in [1.807, 2.05) is 113 Å². The summed E-state index contributed by atoms with van der Waals surface area (Å²) in [7, 11) is 7.85. The number of ether oxygens (including phenoxy) is 11. The predicted molar refractivity (Wildman–Crippen MR) is 377 cm³/mol. The molecule has 101 heavy (non-hydrogen) atoms. The first-order valence-electron chi connectivity index (χ1n) is 34.9. The highest BCUT2D eigenvalue weighted by Crippen LogP contribution is 2.46. The Morgan fingerprint density at radius 2 is 1.46 bits per heavy atom. The second kappa shape index (κ2) is 37.5. The van der Waals surface area contributed by atoms with Crippen LogP contribution in [-0.4, -0.2) is 184 Å². The Morgan fingerprint density at radius 1 is 0.733 bits per heavy atom. The molecule has 4 amide bonds. The summed E-state index contributed by atoms with van der Waals surface area (Å²) in [5.74, 6) is 0.553. The van der Waals surface area contributed by atoms with Gasteiger partial charge in [0.1, 0.15) is 48.9 Å². The topological polar surface area (TPSA) is 281 Å². The number of piperidine rings is 1.